The van der Waals surface area contributed by atoms with Crippen molar-refractivity contribution < 1.29 is 14.0 Å². The van der Waals surface area contributed by atoms with Gasteiger partial charge in [0.2, 0.25) is 11.8 Å². The van der Waals surface area contributed by atoms with Crippen LogP contribution in [0.4, 0.5) is 10.1 Å². The normalized spacial score (nSPS) is 19.8. The number of hydrogen-bond donors (Lipinski definition) is 1. The molecule has 1 fully saturated rings. The molecule has 25 heavy (non-hydrogen) atoms. The standard InChI is InChI=1S/C20H19FN2O2/c1-3-13-8-10-14(11-9-13)15-12-23(2)20(25)18(15)19(24)22-17-7-5-4-6-16(17)21/h3-11,15,18H,1,12H2,2H3,(H,22,24)/t15-,18+/m1/s1. The van der Waals surface area contributed by atoms with Gasteiger partial charge >= 0.3 is 0 Å². The number of benzene rings is 2. The maximum absolute atomic E-state index is 13.8. The number of nitrogens with one attached hydrogen (secondary N) is 1. The molecule has 1 aliphatic rings. The van der Waals surface area contributed by atoms with Crippen LogP contribution in [0.1, 0.15) is 17.0 Å². The summed E-state index contributed by atoms with van der Waals surface area (Å²) in [5.41, 5.74) is 1.95. The van der Waals surface area contributed by atoms with Gasteiger partial charge in [-0.05, 0) is 23.3 Å². The molecule has 5 heteroatoms. The van der Waals surface area contributed by atoms with Crippen molar-refractivity contribution in [3.63, 3.8) is 0 Å². The summed E-state index contributed by atoms with van der Waals surface area (Å²) >= 11 is 0. The van der Waals surface area contributed by atoms with Gasteiger partial charge in [-0.2, -0.15) is 0 Å². The van der Waals surface area contributed by atoms with Gasteiger partial charge in [0.05, 0.1) is 5.69 Å². The van der Waals surface area contributed by atoms with E-state index in [-0.39, 0.29) is 17.5 Å². The van der Waals surface area contributed by atoms with E-state index in [1.165, 1.54) is 17.0 Å². The molecule has 3 rings (SSSR count). The molecular weight excluding hydrogens is 319 g/mol. The predicted octanol–water partition coefficient (Wildman–Crippen LogP) is 3.28. The molecule has 2 atom stereocenters. The number of carbonyl (C=O) groups is 2. The van der Waals surface area contributed by atoms with E-state index >= 15 is 0 Å². The number of hydrogen-bond acceptors (Lipinski definition) is 2. The van der Waals surface area contributed by atoms with Crippen LogP contribution in [0.15, 0.2) is 55.1 Å². The highest BCUT2D eigenvalue weighted by molar-refractivity contribution is 6.08. The zero-order chi connectivity index (χ0) is 18.0. The zero-order valence-corrected chi connectivity index (χ0v) is 13.9. The van der Waals surface area contributed by atoms with Gasteiger partial charge in [0.15, 0.2) is 0 Å². The van der Waals surface area contributed by atoms with E-state index < -0.39 is 17.6 Å². The fourth-order valence-electron chi connectivity index (χ4n) is 3.15. The number of nitrogens with zero attached hydrogens (tertiary/aromatic N) is 1. The Hall–Kier alpha value is -2.95. The van der Waals surface area contributed by atoms with E-state index in [1.54, 1.807) is 25.3 Å². The van der Waals surface area contributed by atoms with Crippen LogP contribution in [0.5, 0.6) is 0 Å². The van der Waals surface area contributed by atoms with E-state index in [0.717, 1.165) is 11.1 Å². The molecule has 0 bridgehead atoms. The average molecular weight is 338 g/mol. The number of rotatable bonds is 4. The van der Waals surface area contributed by atoms with Crippen molar-refractivity contribution in [2.45, 2.75) is 5.92 Å². The Morgan fingerprint density at radius 3 is 2.56 bits per heavy atom. The maximum Gasteiger partial charge on any atom is 0.237 e. The third-order valence-electron chi connectivity index (χ3n) is 4.53. The smallest absolute Gasteiger partial charge is 0.237 e. The Labute approximate surface area is 146 Å². The molecule has 2 aromatic carbocycles. The highest BCUT2D eigenvalue weighted by atomic mass is 19.1. The Kier molecular flexibility index (Phi) is 4.65. The van der Waals surface area contributed by atoms with Crippen molar-refractivity contribution in [2.75, 3.05) is 18.9 Å². The first-order chi connectivity index (χ1) is 12.0. The second-order valence-corrected chi connectivity index (χ2v) is 6.14. The molecule has 2 aromatic rings. The van der Waals surface area contributed by atoms with Crippen LogP contribution in [-0.4, -0.2) is 30.3 Å². The first-order valence-corrected chi connectivity index (χ1v) is 8.04. The third-order valence-corrected chi connectivity index (χ3v) is 4.53. The summed E-state index contributed by atoms with van der Waals surface area (Å²) in [6.07, 6.45) is 1.73. The van der Waals surface area contributed by atoms with Gasteiger partial charge in [-0.1, -0.05) is 49.1 Å². The van der Waals surface area contributed by atoms with E-state index in [0.29, 0.717) is 6.54 Å². The first-order valence-electron chi connectivity index (χ1n) is 8.04. The highest BCUT2D eigenvalue weighted by Gasteiger charge is 2.44. The monoisotopic (exact) mass is 338 g/mol. The van der Waals surface area contributed by atoms with Gasteiger partial charge in [-0.15, -0.1) is 0 Å². The molecule has 128 valence electrons. The summed E-state index contributed by atoms with van der Waals surface area (Å²) in [6, 6.07) is 13.5. The quantitative estimate of drug-likeness (QED) is 0.870. The second kappa shape index (κ2) is 6.89. The Bertz CT molecular complexity index is 817. The van der Waals surface area contributed by atoms with Crippen LogP contribution in [0.3, 0.4) is 0 Å². The van der Waals surface area contributed by atoms with Gasteiger partial charge in [-0.25, -0.2) is 4.39 Å². The largest absolute Gasteiger partial charge is 0.344 e. The molecule has 1 heterocycles. The van der Waals surface area contributed by atoms with Crippen molar-refractivity contribution in [1.29, 1.82) is 0 Å². The number of amides is 2. The van der Waals surface area contributed by atoms with Crippen LogP contribution >= 0.6 is 0 Å². The van der Waals surface area contributed by atoms with Crippen molar-refractivity contribution in [2.24, 2.45) is 5.92 Å². The minimum Gasteiger partial charge on any atom is -0.344 e. The first kappa shape index (κ1) is 16.9. The number of carbonyl (C=O) groups excluding carboxylic acids is 2. The lowest BCUT2D eigenvalue weighted by Crippen LogP contribution is -2.32. The van der Waals surface area contributed by atoms with Gasteiger partial charge in [0, 0.05) is 19.5 Å². The fourth-order valence-corrected chi connectivity index (χ4v) is 3.15. The molecular formula is C20H19FN2O2. The van der Waals surface area contributed by atoms with E-state index in [4.69, 9.17) is 0 Å². The highest BCUT2D eigenvalue weighted by Crippen LogP contribution is 2.34. The molecule has 4 nitrogen and oxygen atoms in total. The summed E-state index contributed by atoms with van der Waals surface area (Å²) in [5.74, 6) is -2.42. The number of likely N-dealkylation sites (tertiary alicyclic amines) is 1. The van der Waals surface area contributed by atoms with E-state index in [2.05, 4.69) is 11.9 Å². The van der Waals surface area contributed by atoms with Crippen molar-refractivity contribution in [1.82, 2.24) is 4.90 Å². The lowest BCUT2D eigenvalue weighted by molar-refractivity contribution is -0.135. The summed E-state index contributed by atoms with van der Waals surface area (Å²) in [7, 11) is 1.67. The average Bonchev–Trinajstić information content (AvgIpc) is 2.92. The van der Waals surface area contributed by atoms with E-state index in [9.17, 15) is 14.0 Å². The van der Waals surface area contributed by atoms with Crippen LogP contribution in [0, 0.1) is 11.7 Å². The lowest BCUT2D eigenvalue weighted by Gasteiger charge is -2.17. The molecule has 1 aliphatic heterocycles. The van der Waals surface area contributed by atoms with Crippen LogP contribution < -0.4 is 5.32 Å². The van der Waals surface area contributed by atoms with Crippen LogP contribution in [-0.2, 0) is 9.59 Å². The number of likely N-dealkylation sites (N-methyl/N-ethyl adjacent to an activating group) is 1. The molecule has 0 spiro atoms. The van der Waals surface area contributed by atoms with Gasteiger partial charge in [-0.3, -0.25) is 9.59 Å². The van der Waals surface area contributed by atoms with Crippen molar-refractivity contribution in [3.8, 4) is 0 Å². The topological polar surface area (TPSA) is 49.4 Å². The van der Waals surface area contributed by atoms with Gasteiger partial charge in [0.1, 0.15) is 11.7 Å². The molecule has 0 aliphatic carbocycles. The SMILES string of the molecule is C=Cc1ccc([C@H]2CN(C)C(=O)[C@@H]2C(=O)Nc2ccccc2F)cc1. The molecule has 1 N–H and O–H groups in total. The Morgan fingerprint density at radius 1 is 1.24 bits per heavy atom. The molecule has 0 radical (unpaired) electrons. The molecule has 1 saturated heterocycles. The zero-order valence-electron chi connectivity index (χ0n) is 13.9. The van der Waals surface area contributed by atoms with Crippen molar-refractivity contribution in [3.05, 3.63) is 72.1 Å². The minimum atomic E-state index is -0.876. The molecule has 0 aromatic heterocycles. The minimum absolute atomic E-state index is 0.0793. The second-order valence-electron chi connectivity index (χ2n) is 6.14. The molecule has 0 unspecified atom stereocenters. The number of para-hydroxylation sites is 1. The number of halogens is 1. The fraction of sp³-hybridized carbons (Fsp3) is 0.200. The summed E-state index contributed by atoms with van der Waals surface area (Å²) < 4.78 is 13.8. The predicted molar refractivity (Wildman–Crippen MR) is 95.4 cm³/mol. The van der Waals surface area contributed by atoms with Crippen molar-refractivity contribution >= 4 is 23.6 Å². The number of anilines is 1. The summed E-state index contributed by atoms with van der Waals surface area (Å²) in [6.45, 7) is 4.16. The van der Waals surface area contributed by atoms with Gasteiger partial charge < -0.3 is 10.2 Å². The lowest BCUT2D eigenvalue weighted by atomic mass is 9.87. The maximum atomic E-state index is 13.8. The Morgan fingerprint density at radius 2 is 1.92 bits per heavy atom. The molecule has 2 amide bonds. The van der Waals surface area contributed by atoms with Crippen LogP contribution in [0.2, 0.25) is 0 Å². The van der Waals surface area contributed by atoms with Gasteiger partial charge in [0.25, 0.3) is 0 Å². The van der Waals surface area contributed by atoms with Crippen LogP contribution in [0.25, 0.3) is 6.08 Å². The van der Waals surface area contributed by atoms with E-state index in [1.807, 2.05) is 24.3 Å². The summed E-state index contributed by atoms with van der Waals surface area (Å²) in [4.78, 5) is 26.7. The summed E-state index contributed by atoms with van der Waals surface area (Å²) in [5, 5.41) is 2.55. The Balaban J connectivity index is 1.87. The third kappa shape index (κ3) is 3.31. The molecule has 0 saturated carbocycles.